The van der Waals surface area contributed by atoms with Gasteiger partial charge < -0.3 is 9.32 Å². The molecule has 3 aromatic rings. The van der Waals surface area contributed by atoms with Gasteiger partial charge in [0, 0.05) is 24.0 Å². The van der Waals surface area contributed by atoms with Crippen molar-refractivity contribution in [1.82, 2.24) is 9.88 Å². The minimum atomic E-state index is 0.0162. The van der Waals surface area contributed by atoms with E-state index in [0.717, 1.165) is 27.8 Å². The van der Waals surface area contributed by atoms with Gasteiger partial charge in [-0.1, -0.05) is 23.7 Å². The molecule has 0 aliphatic heterocycles. The van der Waals surface area contributed by atoms with Crippen LogP contribution in [0.3, 0.4) is 0 Å². The maximum Gasteiger partial charge on any atom is 0.228 e. The zero-order chi connectivity index (χ0) is 17.1. The third kappa shape index (κ3) is 4.04. The van der Waals surface area contributed by atoms with E-state index >= 15 is 0 Å². The molecular formula is C18H17ClN2O2S. The van der Waals surface area contributed by atoms with Crippen molar-refractivity contribution in [1.29, 1.82) is 0 Å². The topological polar surface area (TPSA) is 46.3 Å². The number of amides is 1. The molecular weight excluding hydrogens is 344 g/mol. The van der Waals surface area contributed by atoms with Crippen LogP contribution >= 0.6 is 22.9 Å². The van der Waals surface area contributed by atoms with E-state index in [9.17, 15) is 4.79 Å². The third-order valence-electron chi connectivity index (χ3n) is 3.57. The molecule has 0 fully saturated rings. The average Bonchev–Trinajstić information content (AvgIpc) is 3.16. The number of carbonyl (C=O) groups is 1. The average molecular weight is 361 g/mol. The standard InChI is InChI=1S/C18H17ClN2O2S/c1-12-6-7-16(23-12)18-20-15(11-24-18)9-17(22)21(2)10-13-4-3-5-14(19)8-13/h3-8,11H,9-10H2,1-2H3. The number of furan rings is 1. The molecule has 1 aromatic carbocycles. The second-order valence-electron chi connectivity index (χ2n) is 5.61. The lowest BCUT2D eigenvalue weighted by Crippen LogP contribution is -2.27. The Labute approximate surface area is 149 Å². The van der Waals surface area contributed by atoms with Gasteiger partial charge in [0.05, 0.1) is 12.1 Å². The van der Waals surface area contributed by atoms with Gasteiger partial charge in [0.15, 0.2) is 10.8 Å². The highest BCUT2D eigenvalue weighted by Gasteiger charge is 2.14. The predicted molar refractivity (Wildman–Crippen MR) is 96.2 cm³/mol. The summed E-state index contributed by atoms with van der Waals surface area (Å²) in [5.74, 6) is 1.60. The van der Waals surface area contributed by atoms with Gasteiger partial charge in [-0.05, 0) is 36.8 Å². The Balaban J connectivity index is 1.63. The minimum absolute atomic E-state index is 0.0162. The van der Waals surface area contributed by atoms with Gasteiger partial charge in [0.25, 0.3) is 0 Å². The molecule has 3 rings (SSSR count). The molecule has 0 unspecified atom stereocenters. The lowest BCUT2D eigenvalue weighted by Gasteiger charge is -2.16. The van der Waals surface area contributed by atoms with Crippen LogP contribution in [0, 0.1) is 6.92 Å². The SMILES string of the molecule is Cc1ccc(-c2nc(CC(=O)N(C)Cc3cccc(Cl)c3)cs2)o1. The maximum absolute atomic E-state index is 12.4. The van der Waals surface area contributed by atoms with Crippen molar-refractivity contribution in [3.8, 4) is 10.8 Å². The number of halogens is 1. The Bertz CT molecular complexity index is 856. The van der Waals surface area contributed by atoms with Crippen LogP contribution in [0.15, 0.2) is 46.2 Å². The molecule has 0 saturated carbocycles. The van der Waals surface area contributed by atoms with Crippen molar-refractivity contribution in [2.45, 2.75) is 19.9 Å². The van der Waals surface area contributed by atoms with E-state index in [1.54, 1.807) is 11.9 Å². The molecule has 0 radical (unpaired) electrons. The lowest BCUT2D eigenvalue weighted by molar-refractivity contribution is -0.129. The molecule has 4 nitrogen and oxygen atoms in total. The fourth-order valence-corrected chi connectivity index (χ4v) is 3.33. The van der Waals surface area contributed by atoms with Crippen molar-refractivity contribution < 1.29 is 9.21 Å². The molecule has 2 aromatic heterocycles. The second kappa shape index (κ2) is 7.20. The molecule has 6 heteroatoms. The van der Waals surface area contributed by atoms with Crippen molar-refractivity contribution >= 4 is 28.8 Å². The summed E-state index contributed by atoms with van der Waals surface area (Å²) in [6, 6.07) is 11.3. The van der Waals surface area contributed by atoms with Crippen molar-refractivity contribution in [3.05, 3.63) is 63.8 Å². The molecule has 0 aliphatic carbocycles. The van der Waals surface area contributed by atoms with E-state index in [2.05, 4.69) is 4.98 Å². The number of thiazole rings is 1. The normalized spacial score (nSPS) is 10.8. The van der Waals surface area contributed by atoms with Crippen LogP contribution in [-0.2, 0) is 17.8 Å². The predicted octanol–water partition coefficient (Wildman–Crippen LogP) is 4.57. The number of hydrogen-bond donors (Lipinski definition) is 0. The number of aromatic nitrogens is 1. The van der Waals surface area contributed by atoms with Crippen molar-refractivity contribution in [2.24, 2.45) is 0 Å². The van der Waals surface area contributed by atoms with Crippen LogP contribution in [0.4, 0.5) is 0 Å². The number of benzene rings is 1. The third-order valence-corrected chi connectivity index (χ3v) is 4.71. The summed E-state index contributed by atoms with van der Waals surface area (Å²) in [5.41, 5.74) is 1.76. The summed E-state index contributed by atoms with van der Waals surface area (Å²) in [4.78, 5) is 18.6. The van der Waals surface area contributed by atoms with E-state index in [1.165, 1.54) is 11.3 Å². The summed E-state index contributed by atoms with van der Waals surface area (Å²) in [6.45, 7) is 2.42. The van der Waals surface area contributed by atoms with Crippen LogP contribution in [0.25, 0.3) is 10.8 Å². The highest BCUT2D eigenvalue weighted by Crippen LogP contribution is 2.25. The van der Waals surface area contributed by atoms with Gasteiger partial charge in [-0.2, -0.15) is 0 Å². The summed E-state index contributed by atoms with van der Waals surface area (Å²) in [7, 11) is 1.78. The van der Waals surface area contributed by atoms with Gasteiger partial charge in [-0.3, -0.25) is 4.79 Å². The molecule has 0 bridgehead atoms. The first kappa shape index (κ1) is 16.7. The fraction of sp³-hybridized carbons (Fsp3) is 0.222. The van der Waals surface area contributed by atoms with Gasteiger partial charge in [0.2, 0.25) is 5.91 Å². The van der Waals surface area contributed by atoms with Crippen LogP contribution < -0.4 is 0 Å². The summed E-state index contributed by atoms with van der Waals surface area (Å²) in [5, 5.41) is 3.37. The molecule has 0 atom stereocenters. The largest absolute Gasteiger partial charge is 0.459 e. The highest BCUT2D eigenvalue weighted by atomic mass is 35.5. The number of hydrogen-bond acceptors (Lipinski definition) is 4. The number of carbonyl (C=O) groups excluding carboxylic acids is 1. The number of aryl methyl sites for hydroxylation is 1. The van der Waals surface area contributed by atoms with Gasteiger partial charge in [0.1, 0.15) is 5.76 Å². The fourth-order valence-electron chi connectivity index (χ4n) is 2.34. The molecule has 24 heavy (non-hydrogen) atoms. The van der Waals surface area contributed by atoms with Crippen LogP contribution in [0.2, 0.25) is 5.02 Å². The number of rotatable bonds is 5. The van der Waals surface area contributed by atoms with E-state index in [4.69, 9.17) is 16.0 Å². The lowest BCUT2D eigenvalue weighted by atomic mass is 10.2. The zero-order valence-corrected chi connectivity index (χ0v) is 15.0. The molecule has 0 spiro atoms. The van der Waals surface area contributed by atoms with Gasteiger partial charge >= 0.3 is 0 Å². The Morgan fingerprint density at radius 1 is 1.33 bits per heavy atom. The van der Waals surface area contributed by atoms with Crippen molar-refractivity contribution in [3.63, 3.8) is 0 Å². The first-order valence-electron chi connectivity index (χ1n) is 7.51. The maximum atomic E-state index is 12.4. The first-order valence-corrected chi connectivity index (χ1v) is 8.76. The first-order chi connectivity index (χ1) is 11.5. The molecule has 124 valence electrons. The Morgan fingerprint density at radius 3 is 2.88 bits per heavy atom. The second-order valence-corrected chi connectivity index (χ2v) is 6.91. The Kier molecular flexibility index (Phi) is 5.02. The smallest absolute Gasteiger partial charge is 0.228 e. The van der Waals surface area contributed by atoms with Gasteiger partial charge in [-0.15, -0.1) is 11.3 Å². The van der Waals surface area contributed by atoms with E-state index in [0.29, 0.717) is 11.6 Å². The van der Waals surface area contributed by atoms with Crippen LogP contribution in [-0.4, -0.2) is 22.8 Å². The molecule has 2 heterocycles. The summed E-state index contributed by atoms with van der Waals surface area (Å²) >= 11 is 7.46. The quantitative estimate of drug-likeness (QED) is 0.669. The van der Waals surface area contributed by atoms with E-state index in [-0.39, 0.29) is 12.3 Å². The molecule has 1 amide bonds. The monoisotopic (exact) mass is 360 g/mol. The summed E-state index contributed by atoms with van der Waals surface area (Å²) < 4.78 is 5.57. The van der Waals surface area contributed by atoms with Crippen LogP contribution in [0.5, 0.6) is 0 Å². The molecule has 0 N–H and O–H groups in total. The highest BCUT2D eigenvalue weighted by molar-refractivity contribution is 7.13. The number of nitrogens with zero attached hydrogens (tertiary/aromatic N) is 2. The minimum Gasteiger partial charge on any atom is -0.459 e. The zero-order valence-electron chi connectivity index (χ0n) is 13.5. The number of likely N-dealkylation sites (N-methyl/N-ethyl adjacent to an activating group) is 1. The van der Waals surface area contributed by atoms with E-state index in [1.807, 2.05) is 48.7 Å². The Hall–Kier alpha value is -2.11. The molecule has 0 aliphatic rings. The van der Waals surface area contributed by atoms with E-state index < -0.39 is 0 Å². The van der Waals surface area contributed by atoms with Gasteiger partial charge in [-0.25, -0.2) is 4.98 Å². The van der Waals surface area contributed by atoms with Crippen molar-refractivity contribution in [2.75, 3.05) is 7.05 Å². The Morgan fingerprint density at radius 2 is 2.17 bits per heavy atom. The summed E-state index contributed by atoms with van der Waals surface area (Å²) in [6.07, 6.45) is 0.271. The van der Waals surface area contributed by atoms with Crippen LogP contribution in [0.1, 0.15) is 17.0 Å². The molecule has 0 saturated heterocycles.